The summed E-state index contributed by atoms with van der Waals surface area (Å²) in [6.45, 7) is 0.342. The molecule has 0 saturated carbocycles. The van der Waals surface area contributed by atoms with Crippen LogP contribution >= 0.6 is 38.5 Å². The Morgan fingerprint density at radius 3 is 2.61 bits per heavy atom. The first-order chi connectivity index (χ1) is 8.47. The maximum atomic E-state index is 13.5. The summed E-state index contributed by atoms with van der Waals surface area (Å²) in [5.74, 6) is -0.746. The van der Waals surface area contributed by atoms with Crippen molar-refractivity contribution in [1.29, 1.82) is 0 Å². The van der Waals surface area contributed by atoms with E-state index in [2.05, 4.69) is 43.2 Å². The van der Waals surface area contributed by atoms with E-state index in [4.69, 9.17) is 0 Å². The average molecular weight is 450 g/mol. The fraction of sp³-hybridized carbons (Fsp3) is 0.455. The molecule has 1 aromatic carbocycles. The fourth-order valence-electron chi connectivity index (χ4n) is 1.37. The minimum atomic E-state index is -3.74. The molecule has 1 aromatic rings. The van der Waals surface area contributed by atoms with E-state index in [9.17, 15) is 12.8 Å². The fourth-order valence-corrected chi connectivity index (χ4v) is 3.38. The second-order valence-corrected chi connectivity index (χ2v) is 7.45. The Bertz CT molecular complexity index is 496. The second-order valence-electron chi connectivity index (χ2n) is 3.72. The van der Waals surface area contributed by atoms with Crippen molar-refractivity contribution in [2.75, 3.05) is 11.0 Å². The molecule has 102 valence electrons. The molecule has 0 spiro atoms. The highest BCUT2D eigenvalue weighted by Gasteiger charge is 2.18. The Balaban J connectivity index is 2.63. The average Bonchev–Trinajstić information content (AvgIpc) is 2.28. The molecule has 18 heavy (non-hydrogen) atoms. The van der Waals surface area contributed by atoms with Crippen LogP contribution in [0.4, 0.5) is 4.39 Å². The van der Waals surface area contributed by atoms with Crippen LogP contribution in [0.3, 0.4) is 0 Å². The number of alkyl halides is 1. The van der Waals surface area contributed by atoms with Gasteiger partial charge in [-0.25, -0.2) is 17.5 Å². The first-order valence-electron chi connectivity index (χ1n) is 5.48. The molecule has 0 fully saturated rings. The lowest BCUT2D eigenvalue weighted by Crippen LogP contribution is -2.25. The Kier molecular flexibility index (Phi) is 7.04. The molecule has 0 heterocycles. The number of unbranched alkanes of at least 4 members (excludes halogenated alkanes) is 2. The lowest BCUT2D eigenvalue weighted by atomic mass is 10.3. The van der Waals surface area contributed by atoms with Gasteiger partial charge in [0.05, 0.1) is 0 Å². The number of nitrogens with one attached hydrogen (secondary N) is 1. The number of hydrogen-bond donors (Lipinski definition) is 1. The molecule has 0 bridgehead atoms. The molecule has 0 aliphatic rings. The van der Waals surface area contributed by atoms with E-state index < -0.39 is 15.8 Å². The van der Waals surface area contributed by atoms with Gasteiger partial charge in [0, 0.05) is 11.0 Å². The van der Waals surface area contributed by atoms with E-state index in [0.29, 0.717) is 11.0 Å². The van der Waals surface area contributed by atoms with Gasteiger partial charge < -0.3 is 0 Å². The molecule has 0 amide bonds. The molecule has 1 rings (SSSR count). The van der Waals surface area contributed by atoms with Crippen LogP contribution < -0.4 is 4.72 Å². The summed E-state index contributed by atoms with van der Waals surface area (Å²) in [6.07, 6.45) is 2.80. The van der Waals surface area contributed by atoms with Crippen LogP contribution in [0.25, 0.3) is 0 Å². The second kappa shape index (κ2) is 7.76. The quantitative estimate of drug-likeness (QED) is 0.393. The monoisotopic (exact) mass is 449 g/mol. The highest BCUT2D eigenvalue weighted by Crippen LogP contribution is 2.19. The van der Waals surface area contributed by atoms with Gasteiger partial charge in [-0.1, -0.05) is 44.9 Å². The Labute approximate surface area is 129 Å². The SMILES string of the molecule is O=S(=O)(NCCCCCI)c1ccc(Br)cc1F. The van der Waals surface area contributed by atoms with Gasteiger partial charge in [-0.15, -0.1) is 0 Å². The Morgan fingerprint density at radius 2 is 2.00 bits per heavy atom. The molecule has 0 aliphatic carbocycles. The van der Waals surface area contributed by atoms with Crippen molar-refractivity contribution in [3.63, 3.8) is 0 Å². The van der Waals surface area contributed by atoms with E-state index in [1.54, 1.807) is 0 Å². The van der Waals surface area contributed by atoms with Crippen LogP contribution in [-0.4, -0.2) is 19.4 Å². The van der Waals surface area contributed by atoms with E-state index in [0.717, 1.165) is 29.8 Å². The number of rotatable bonds is 7. The normalized spacial score (nSPS) is 11.7. The predicted molar refractivity (Wildman–Crippen MR) is 82.0 cm³/mol. The third kappa shape index (κ3) is 5.10. The Morgan fingerprint density at radius 1 is 1.28 bits per heavy atom. The summed E-state index contributed by atoms with van der Waals surface area (Å²) in [5, 5.41) is 0. The van der Waals surface area contributed by atoms with Crippen LogP contribution in [0.5, 0.6) is 0 Å². The van der Waals surface area contributed by atoms with Gasteiger partial charge in [0.25, 0.3) is 0 Å². The smallest absolute Gasteiger partial charge is 0.211 e. The van der Waals surface area contributed by atoms with Crippen LogP contribution in [-0.2, 0) is 10.0 Å². The zero-order valence-corrected chi connectivity index (χ0v) is 14.2. The molecule has 0 aliphatic heterocycles. The van der Waals surface area contributed by atoms with E-state index in [1.807, 2.05) is 0 Å². The summed E-state index contributed by atoms with van der Waals surface area (Å²) < 4.78 is 41.2. The highest BCUT2D eigenvalue weighted by atomic mass is 127. The third-order valence-corrected chi connectivity index (χ3v) is 5.04. The van der Waals surface area contributed by atoms with Crippen LogP contribution in [0.1, 0.15) is 19.3 Å². The van der Waals surface area contributed by atoms with E-state index in [-0.39, 0.29) is 4.90 Å². The molecule has 0 unspecified atom stereocenters. The van der Waals surface area contributed by atoms with Crippen LogP contribution in [0, 0.1) is 5.82 Å². The molecule has 0 saturated heterocycles. The van der Waals surface area contributed by atoms with E-state index >= 15 is 0 Å². The highest BCUT2D eigenvalue weighted by molar-refractivity contribution is 14.1. The van der Waals surface area contributed by atoms with Crippen molar-refractivity contribution < 1.29 is 12.8 Å². The lowest BCUT2D eigenvalue weighted by molar-refractivity contribution is 0.553. The van der Waals surface area contributed by atoms with Gasteiger partial charge in [0.15, 0.2) is 0 Å². The maximum absolute atomic E-state index is 13.5. The van der Waals surface area contributed by atoms with Crippen molar-refractivity contribution in [3.05, 3.63) is 28.5 Å². The predicted octanol–water partition coefficient (Wildman–Crippen LogP) is 3.47. The minimum Gasteiger partial charge on any atom is -0.211 e. The number of benzene rings is 1. The summed E-state index contributed by atoms with van der Waals surface area (Å²) in [7, 11) is -3.74. The molecule has 0 radical (unpaired) electrons. The van der Waals surface area contributed by atoms with Gasteiger partial charge in [0.2, 0.25) is 10.0 Å². The van der Waals surface area contributed by atoms with Gasteiger partial charge in [-0.05, 0) is 35.5 Å². The van der Waals surface area contributed by atoms with Crippen molar-refractivity contribution >= 4 is 48.5 Å². The van der Waals surface area contributed by atoms with Gasteiger partial charge in [-0.3, -0.25) is 0 Å². The Hall–Kier alpha value is 0.270. The van der Waals surface area contributed by atoms with Gasteiger partial charge in [0.1, 0.15) is 10.7 Å². The van der Waals surface area contributed by atoms with Gasteiger partial charge in [-0.2, -0.15) is 0 Å². The van der Waals surface area contributed by atoms with Crippen molar-refractivity contribution in [1.82, 2.24) is 4.72 Å². The molecule has 0 atom stereocenters. The number of halogens is 3. The first kappa shape index (κ1) is 16.3. The first-order valence-corrected chi connectivity index (χ1v) is 9.28. The largest absolute Gasteiger partial charge is 0.243 e. The number of sulfonamides is 1. The third-order valence-electron chi connectivity index (χ3n) is 2.29. The summed E-state index contributed by atoms with van der Waals surface area (Å²) >= 11 is 5.37. The van der Waals surface area contributed by atoms with Crippen LogP contribution in [0.15, 0.2) is 27.6 Å². The molecule has 1 N–H and O–H groups in total. The maximum Gasteiger partial charge on any atom is 0.243 e. The molecule has 3 nitrogen and oxygen atoms in total. The van der Waals surface area contributed by atoms with Crippen molar-refractivity contribution in [2.24, 2.45) is 0 Å². The van der Waals surface area contributed by atoms with Crippen molar-refractivity contribution in [3.8, 4) is 0 Å². The summed E-state index contributed by atoms with van der Waals surface area (Å²) in [5.41, 5.74) is 0. The van der Waals surface area contributed by atoms with Crippen LogP contribution in [0.2, 0.25) is 0 Å². The molecule has 7 heteroatoms. The zero-order chi connectivity index (χ0) is 13.6. The lowest BCUT2D eigenvalue weighted by Gasteiger charge is -2.07. The molecular weight excluding hydrogens is 436 g/mol. The summed E-state index contributed by atoms with van der Waals surface area (Å²) in [6, 6.07) is 3.91. The van der Waals surface area contributed by atoms with Crippen molar-refractivity contribution in [2.45, 2.75) is 24.2 Å². The minimum absolute atomic E-state index is 0.306. The number of hydrogen-bond acceptors (Lipinski definition) is 2. The topological polar surface area (TPSA) is 46.2 Å². The van der Waals surface area contributed by atoms with Gasteiger partial charge >= 0.3 is 0 Å². The standard InChI is InChI=1S/C11H14BrFINO2S/c12-9-4-5-11(10(13)8-9)18(16,17)15-7-3-1-2-6-14/h4-5,8,15H,1-3,6-7H2. The molecular formula is C11H14BrFINO2S. The van der Waals surface area contributed by atoms with E-state index in [1.165, 1.54) is 12.1 Å². The zero-order valence-electron chi connectivity index (χ0n) is 9.63. The summed E-state index contributed by atoms with van der Waals surface area (Å²) in [4.78, 5) is -0.306. The molecule has 0 aromatic heterocycles.